The number of nitrogens with zero attached hydrogens (tertiary/aromatic N) is 1. The van der Waals surface area contributed by atoms with Gasteiger partial charge in [-0.15, -0.1) is 0 Å². The molecule has 2 fully saturated rings. The van der Waals surface area contributed by atoms with Gasteiger partial charge in [-0.2, -0.15) is 0 Å². The van der Waals surface area contributed by atoms with Crippen molar-refractivity contribution in [1.82, 2.24) is 4.90 Å². The number of Topliss-reactive ketones (excluding diaryl/α,β-unsaturated/α-hetero) is 1. The van der Waals surface area contributed by atoms with Crippen molar-refractivity contribution < 1.29 is 19.0 Å². The van der Waals surface area contributed by atoms with Crippen molar-refractivity contribution in [3.8, 4) is 11.5 Å². The molecule has 6 rings (SSSR count). The molecule has 2 aromatic carbocycles. The van der Waals surface area contributed by atoms with Crippen LogP contribution in [0.4, 0.5) is 0 Å². The highest BCUT2D eigenvalue weighted by Gasteiger charge is 2.73. The van der Waals surface area contributed by atoms with Gasteiger partial charge < -0.3 is 19.1 Å². The van der Waals surface area contributed by atoms with E-state index in [1.165, 1.54) is 16.7 Å². The normalized spacial score (nSPS) is 32.4. The van der Waals surface area contributed by atoms with Crippen LogP contribution in [0.3, 0.4) is 0 Å². The predicted octanol–water partition coefficient (Wildman–Crippen LogP) is 3.71. The number of benzene rings is 2. The molecule has 4 aliphatic rings. The Balaban J connectivity index is 1.40. The fourth-order valence-corrected chi connectivity index (χ4v) is 7.13. The number of methoxy groups -OCH3 is 1. The molecule has 1 saturated heterocycles. The van der Waals surface area contributed by atoms with Crippen LogP contribution < -0.4 is 9.47 Å². The van der Waals surface area contributed by atoms with Gasteiger partial charge in [0, 0.05) is 24.6 Å². The molecule has 2 bridgehead atoms. The van der Waals surface area contributed by atoms with Crippen LogP contribution in [0.15, 0.2) is 42.5 Å². The van der Waals surface area contributed by atoms with Crippen LogP contribution in [0.25, 0.3) is 0 Å². The molecular weight excluding hydrogens is 402 g/mol. The SMILES string of the molecule is COc1ccc2c3c1O[C@H]1C(=O)CCC4(OCCCc5ccccc5)[C@@H](C2)N(C)CC[C@]314. The summed E-state index contributed by atoms with van der Waals surface area (Å²) in [6.45, 7) is 1.64. The number of likely N-dealkylation sites (tertiary alicyclic amines) is 1. The van der Waals surface area contributed by atoms with E-state index in [1.54, 1.807) is 7.11 Å². The Hall–Kier alpha value is -2.37. The van der Waals surface area contributed by atoms with Gasteiger partial charge in [-0.3, -0.25) is 4.79 Å². The third kappa shape index (κ3) is 2.55. The average Bonchev–Trinajstić information content (AvgIpc) is 3.18. The molecule has 1 unspecified atom stereocenters. The number of ether oxygens (including phenoxy) is 3. The molecular formula is C27H31NO4. The zero-order valence-corrected chi connectivity index (χ0v) is 18.9. The third-order valence-electron chi connectivity index (χ3n) is 8.50. The van der Waals surface area contributed by atoms with E-state index in [2.05, 4.69) is 48.3 Å². The molecule has 0 radical (unpaired) electrons. The smallest absolute Gasteiger partial charge is 0.174 e. The molecule has 32 heavy (non-hydrogen) atoms. The minimum absolute atomic E-state index is 0.211. The maximum atomic E-state index is 13.2. The van der Waals surface area contributed by atoms with Crippen LogP contribution in [0.2, 0.25) is 0 Å². The Morgan fingerprint density at radius 1 is 1.16 bits per heavy atom. The van der Waals surface area contributed by atoms with Crippen molar-refractivity contribution in [2.24, 2.45) is 0 Å². The van der Waals surface area contributed by atoms with Crippen molar-refractivity contribution >= 4 is 5.78 Å². The fourth-order valence-electron chi connectivity index (χ4n) is 7.13. The first-order valence-electron chi connectivity index (χ1n) is 11.9. The Morgan fingerprint density at radius 2 is 2.00 bits per heavy atom. The van der Waals surface area contributed by atoms with E-state index in [0.717, 1.165) is 50.1 Å². The summed E-state index contributed by atoms with van der Waals surface area (Å²) in [5.74, 6) is 1.73. The van der Waals surface area contributed by atoms with Gasteiger partial charge in [-0.1, -0.05) is 36.4 Å². The third-order valence-corrected chi connectivity index (χ3v) is 8.50. The zero-order valence-electron chi connectivity index (χ0n) is 18.9. The molecule has 2 aliphatic carbocycles. The summed E-state index contributed by atoms with van der Waals surface area (Å²) in [5, 5.41) is 0. The highest BCUT2D eigenvalue weighted by molar-refractivity contribution is 5.90. The van der Waals surface area contributed by atoms with E-state index >= 15 is 0 Å². The van der Waals surface area contributed by atoms with Crippen LogP contribution in [0, 0.1) is 0 Å². The lowest BCUT2D eigenvalue weighted by Crippen LogP contribution is -2.77. The van der Waals surface area contributed by atoms with Crippen LogP contribution in [-0.4, -0.2) is 55.7 Å². The van der Waals surface area contributed by atoms with Crippen LogP contribution >= 0.6 is 0 Å². The van der Waals surface area contributed by atoms with Gasteiger partial charge >= 0.3 is 0 Å². The van der Waals surface area contributed by atoms with Gasteiger partial charge in [-0.25, -0.2) is 0 Å². The number of hydrogen-bond acceptors (Lipinski definition) is 5. The zero-order chi connectivity index (χ0) is 21.9. The fraction of sp³-hybridized carbons (Fsp3) is 0.519. The van der Waals surface area contributed by atoms with Gasteiger partial charge in [0.15, 0.2) is 23.4 Å². The lowest BCUT2D eigenvalue weighted by Gasteiger charge is -2.64. The second-order valence-electron chi connectivity index (χ2n) is 9.84. The molecule has 0 aromatic heterocycles. The van der Waals surface area contributed by atoms with Crippen molar-refractivity contribution in [3.63, 3.8) is 0 Å². The van der Waals surface area contributed by atoms with Crippen molar-refractivity contribution in [3.05, 3.63) is 59.2 Å². The maximum Gasteiger partial charge on any atom is 0.174 e. The molecule has 0 N–H and O–H groups in total. The van der Waals surface area contributed by atoms with Crippen LogP contribution in [-0.2, 0) is 27.8 Å². The number of carbonyl (C=O) groups is 1. The summed E-state index contributed by atoms with van der Waals surface area (Å²) in [5.41, 5.74) is 3.01. The van der Waals surface area contributed by atoms with E-state index in [-0.39, 0.29) is 11.8 Å². The first-order chi connectivity index (χ1) is 15.6. The maximum absolute atomic E-state index is 13.2. The lowest BCUT2D eigenvalue weighted by atomic mass is 9.49. The summed E-state index contributed by atoms with van der Waals surface area (Å²) < 4.78 is 19.1. The van der Waals surface area contributed by atoms with Gasteiger partial charge in [0.1, 0.15) is 0 Å². The van der Waals surface area contributed by atoms with Crippen molar-refractivity contribution in [1.29, 1.82) is 0 Å². The molecule has 1 spiro atoms. The van der Waals surface area contributed by atoms with E-state index in [1.807, 2.05) is 6.07 Å². The van der Waals surface area contributed by atoms with Crippen LogP contribution in [0.1, 0.15) is 42.4 Å². The Morgan fingerprint density at radius 3 is 2.81 bits per heavy atom. The van der Waals surface area contributed by atoms with Gasteiger partial charge in [-0.05, 0) is 62.9 Å². The van der Waals surface area contributed by atoms with Crippen molar-refractivity contribution in [2.75, 3.05) is 27.3 Å². The first kappa shape index (κ1) is 20.3. The summed E-state index contributed by atoms with van der Waals surface area (Å²) in [4.78, 5) is 15.7. The molecule has 1 saturated carbocycles. The first-order valence-corrected chi connectivity index (χ1v) is 11.9. The van der Waals surface area contributed by atoms with Gasteiger partial charge in [0.2, 0.25) is 0 Å². The van der Waals surface area contributed by atoms with Gasteiger partial charge in [0.25, 0.3) is 0 Å². The Bertz CT molecular complexity index is 1050. The van der Waals surface area contributed by atoms with E-state index in [9.17, 15) is 4.79 Å². The van der Waals surface area contributed by atoms with Crippen LogP contribution in [0.5, 0.6) is 11.5 Å². The van der Waals surface area contributed by atoms with Gasteiger partial charge in [0.05, 0.1) is 18.1 Å². The molecule has 5 nitrogen and oxygen atoms in total. The number of rotatable bonds is 6. The molecule has 2 heterocycles. The quantitative estimate of drug-likeness (QED) is 0.650. The largest absolute Gasteiger partial charge is 0.493 e. The van der Waals surface area contributed by atoms with Crippen molar-refractivity contribution in [2.45, 2.75) is 61.7 Å². The standard InChI is InChI=1S/C27H31NO4/c1-28-15-14-26-23-19-10-11-21(30-2)24(23)32-25(26)20(29)12-13-27(26,22(28)17-19)31-16-6-9-18-7-4-3-5-8-18/h3-5,7-8,10-11,22,25H,6,9,12-17H2,1-2H3/t22-,25+,26+,27?/m1/s1. The predicted molar refractivity (Wildman–Crippen MR) is 122 cm³/mol. The number of aryl methyl sites for hydroxylation is 1. The highest BCUT2D eigenvalue weighted by Crippen LogP contribution is 2.65. The molecule has 168 valence electrons. The minimum atomic E-state index is -0.466. The van der Waals surface area contributed by atoms with E-state index < -0.39 is 17.1 Å². The molecule has 2 aromatic rings. The molecule has 4 atom stereocenters. The Kier molecular flexibility index (Phi) is 4.63. The minimum Gasteiger partial charge on any atom is -0.493 e. The summed E-state index contributed by atoms with van der Waals surface area (Å²) in [7, 11) is 3.89. The molecule has 2 aliphatic heterocycles. The monoisotopic (exact) mass is 433 g/mol. The topological polar surface area (TPSA) is 48.0 Å². The summed E-state index contributed by atoms with van der Waals surface area (Å²) >= 11 is 0. The number of hydrogen-bond donors (Lipinski definition) is 0. The second-order valence-corrected chi connectivity index (χ2v) is 9.84. The van der Waals surface area contributed by atoms with E-state index in [4.69, 9.17) is 14.2 Å². The number of ketones is 1. The highest BCUT2D eigenvalue weighted by atomic mass is 16.5. The summed E-state index contributed by atoms with van der Waals surface area (Å²) in [6.07, 6.45) is 4.58. The average molecular weight is 434 g/mol. The second kappa shape index (κ2) is 7.32. The molecule has 5 heteroatoms. The lowest BCUT2D eigenvalue weighted by molar-refractivity contribution is -0.210. The summed E-state index contributed by atoms with van der Waals surface area (Å²) in [6, 6.07) is 15.0. The number of piperidine rings is 1. The number of carbonyl (C=O) groups excluding carboxylic acids is 1. The molecule has 0 amide bonds. The number of likely N-dealkylation sites (N-methyl/N-ethyl adjacent to an activating group) is 1. The van der Waals surface area contributed by atoms with E-state index in [0.29, 0.717) is 13.0 Å². The Labute approximate surface area is 189 Å².